The van der Waals surface area contributed by atoms with Crippen LogP contribution in [-0.2, 0) is 17.8 Å². The van der Waals surface area contributed by atoms with Crippen LogP contribution in [0.15, 0.2) is 52.2 Å². The number of thioether (sulfide) groups is 1. The molecule has 1 aliphatic carbocycles. The van der Waals surface area contributed by atoms with Gasteiger partial charge in [0.05, 0.1) is 6.26 Å². The first-order valence-corrected chi connectivity index (χ1v) is 9.60. The molecule has 1 aromatic carbocycles. The van der Waals surface area contributed by atoms with Gasteiger partial charge in [0, 0.05) is 18.2 Å². The van der Waals surface area contributed by atoms with Gasteiger partial charge in [0.2, 0.25) is 5.91 Å². The van der Waals surface area contributed by atoms with E-state index in [-0.39, 0.29) is 12.3 Å². The predicted octanol–water partition coefficient (Wildman–Crippen LogP) is 3.58. The number of carbonyl (C=O) groups is 1. The monoisotopic (exact) mass is 368 g/mol. The molecular formula is C19H20N4O2S. The minimum Gasteiger partial charge on any atom is -0.461 e. The van der Waals surface area contributed by atoms with Crippen LogP contribution in [0.4, 0.5) is 0 Å². The second kappa shape index (κ2) is 7.37. The first kappa shape index (κ1) is 16.9. The molecule has 0 bridgehead atoms. The maximum Gasteiger partial charge on any atom is 0.219 e. The second-order valence-corrected chi connectivity index (χ2v) is 7.52. The Morgan fingerprint density at radius 2 is 2.15 bits per heavy atom. The number of fused-ring (bicyclic) bond motifs is 1. The van der Waals surface area contributed by atoms with Crippen molar-refractivity contribution < 1.29 is 9.21 Å². The van der Waals surface area contributed by atoms with E-state index in [0.717, 1.165) is 24.4 Å². The number of nitrogens with zero attached hydrogens (tertiary/aromatic N) is 3. The van der Waals surface area contributed by atoms with Crippen LogP contribution in [0.1, 0.15) is 35.6 Å². The van der Waals surface area contributed by atoms with Gasteiger partial charge in [-0.15, -0.1) is 10.2 Å². The summed E-state index contributed by atoms with van der Waals surface area (Å²) in [6, 6.07) is 12.2. The number of aromatic nitrogens is 3. The maximum atomic E-state index is 11.3. The fourth-order valence-electron chi connectivity index (χ4n) is 3.35. The van der Waals surface area contributed by atoms with E-state index in [9.17, 15) is 4.79 Å². The van der Waals surface area contributed by atoms with Gasteiger partial charge < -0.3 is 10.2 Å². The molecule has 6 nitrogen and oxygen atoms in total. The topological polar surface area (TPSA) is 86.9 Å². The molecule has 0 spiro atoms. The van der Waals surface area contributed by atoms with Crippen LogP contribution in [0.5, 0.6) is 0 Å². The van der Waals surface area contributed by atoms with Gasteiger partial charge in [0.1, 0.15) is 0 Å². The summed E-state index contributed by atoms with van der Waals surface area (Å²) < 4.78 is 7.41. The van der Waals surface area contributed by atoms with E-state index in [4.69, 9.17) is 10.2 Å². The zero-order valence-corrected chi connectivity index (χ0v) is 15.1. The van der Waals surface area contributed by atoms with Crippen LogP contribution in [0.25, 0.3) is 11.6 Å². The average molecular weight is 368 g/mol. The number of nitrogens with two attached hydrogens (primary N) is 1. The van der Waals surface area contributed by atoms with E-state index in [0.29, 0.717) is 23.4 Å². The summed E-state index contributed by atoms with van der Waals surface area (Å²) in [5.74, 6) is 0.920. The zero-order valence-electron chi connectivity index (χ0n) is 14.3. The van der Waals surface area contributed by atoms with Gasteiger partial charge in [-0.2, -0.15) is 0 Å². The smallest absolute Gasteiger partial charge is 0.219 e. The Morgan fingerprint density at radius 3 is 2.96 bits per heavy atom. The molecule has 0 unspecified atom stereocenters. The summed E-state index contributed by atoms with van der Waals surface area (Å²) in [7, 11) is 0. The van der Waals surface area contributed by atoms with Gasteiger partial charge in [-0.25, -0.2) is 0 Å². The van der Waals surface area contributed by atoms with Crippen LogP contribution in [-0.4, -0.2) is 20.7 Å². The Bertz CT molecular complexity index is 904. The van der Waals surface area contributed by atoms with Crippen LogP contribution < -0.4 is 5.73 Å². The number of primary amides is 1. The lowest BCUT2D eigenvalue weighted by atomic mass is 9.91. The van der Waals surface area contributed by atoms with E-state index in [1.807, 2.05) is 16.7 Å². The Morgan fingerprint density at radius 1 is 1.27 bits per heavy atom. The van der Waals surface area contributed by atoms with E-state index in [1.165, 1.54) is 11.1 Å². The molecule has 0 saturated heterocycles. The lowest BCUT2D eigenvalue weighted by Crippen LogP contribution is -2.15. The lowest BCUT2D eigenvalue weighted by molar-refractivity contribution is -0.118. The number of carbonyl (C=O) groups excluding carboxylic acids is 1. The Kier molecular flexibility index (Phi) is 4.79. The standard InChI is InChI=1S/C19H20N4O2S/c20-17(24)10-11-23-18(15-8-4-12-25-15)21-22-19(23)26-16-9-3-6-13-5-1-2-7-14(13)16/h1-2,4-5,7-8,12,16H,3,6,9-11H2,(H2,20,24)/t16-/m1/s1. The highest BCUT2D eigenvalue weighted by Gasteiger charge is 2.25. The summed E-state index contributed by atoms with van der Waals surface area (Å²) >= 11 is 1.70. The number of furan rings is 1. The average Bonchev–Trinajstić information content (AvgIpc) is 3.30. The molecule has 0 aliphatic heterocycles. The molecule has 0 saturated carbocycles. The van der Waals surface area contributed by atoms with Crippen molar-refractivity contribution in [1.29, 1.82) is 0 Å². The zero-order chi connectivity index (χ0) is 17.9. The Labute approximate surface area is 155 Å². The summed E-state index contributed by atoms with van der Waals surface area (Å²) in [6.07, 6.45) is 5.22. The van der Waals surface area contributed by atoms with Crippen molar-refractivity contribution in [3.05, 3.63) is 53.8 Å². The highest BCUT2D eigenvalue weighted by Crippen LogP contribution is 2.43. The lowest BCUT2D eigenvalue weighted by Gasteiger charge is -2.24. The molecule has 7 heteroatoms. The molecule has 1 aliphatic rings. The van der Waals surface area contributed by atoms with Crippen molar-refractivity contribution in [3.63, 3.8) is 0 Å². The van der Waals surface area contributed by atoms with Crippen molar-refractivity contribution in [2.24, 2.45) is 5.73 Å². The molecule has 3 aromatic rings. The van der Waals surface area contributed by atoms with Gasteiger partial charge in [-0.1, -0.05) is 36.0 Å². The largest absolute Gasteiger partial charge is 0.461 e. The van der Waals surface area contributed by atoms with E-state index in [1.54, 1.807) is 18.0 Å². The van der Waals surface area contributed by atoms with E-state index >= 15 is 0 Å². The highest BCUT2D eigenvalue weighted by molar-refractivity contribution is 7.99. The third-order valence-electron chi connectivity index (χ3n) is 4.60. The number of aryl methyl sites for hydroxylation is 1. The molecule has 1 amide bonds. The van der Waals surface area contributed by atoms with Crippen molar-refractivity contribution >= 4 is 17.7 Å². The summed E-state index contributed by atoms with van der Waals surface area (Å²) in [6.45, 7) is 0.440. The number of amides is 1. The van der Waals surface area contributed by atoms with Gasteiger partial charge in [-0.3, -0.25) is 9.36 Å². The van der Waals surface area contributed by atoms with Crippen molar-refractivity contribution in [3.8, 4) is 11.6 Å². The van der Waals surface area contributed by atoms with Gasteiger partial charge in [-0.05, 0) is 42.5 Å². The third-order valence-corrected chi connectivity index (χ3v) is 5.89. The Balaban J connectivity index is 1.65. The SMILES string of the molecule is NC(=O)CCn1c(S[C@@H]2CCCc3ccccc32)nnc1-c1ccco1. The van der Waals surface area contributed by atoms with Crippen LogP contribution in [0.2, 0.25) is 0 Å². The Hall–Kier alpha value is -2.54. The van der Waals surface area contributed by atoms with Crippen molar-refractivity contribution in [1.82, 2.24) is 14.8 Å². The van der Waals surface area contributed by atoms with Crippen molar-refractivity contribution in [2.75, 3.05) is 0 Å². The minimum atomic E-state index is -0.344. The normalized spacial score (nSPS) is 16.4. The molecule has 2 heterocycles. The fraction of sp³-hybridized carbons (Fsp3) is 0.316. The predicted molar refractivity (Wildman–Crippen MR) is 99.5 cm³/mol. The molecule has 0 radical (unpaired) electrons. The molecule has 134 valence electrons. The summed E-state index contributed by atoms with van der Waals surface area (Å²) in [5, 5.41) is 9.81. The molecular weight excluding hydrogens is 348 g/mol. The van der Waals surface area contributed by atoms with Gasteiger partial charge >= 0.3 is 0 Å². The van der Waals surface area contributed by atoms with E-state index in [2.05, 4.69) is 34.5 Å². The number of hydrogen-bond donors (Lipinski definition) is 1. The molecule has 1 atom stereocenters. The summed E-state index contributed by atoms with van der Waals surface area (Å²) in [4.78, 5) is 11.3. The number of hydrogen-bond acceptors (Lipinski definition) is 5. The first-order valence-electron chi connectivity index (χ1n) is 8.72. The quantitative estimate of drug-likeness (QED) is 0.718. The van der Waals surface area contributed by atoms with E-state index < -0.39 is 0 Å². The van der Waals surface area contributed by atoms with Crippen molar-refractivity contribution in [2.45, 2.75) is 42.6 Å². The van der Waals surface area contributed by atoms with Gasteiger partial charge in [0.15, 0.2) is 16.7 Å². The fourth-order valence-corrected chi connectivity index (χ4v) is 4.64. The van der Waals surface area contributed by atoms with Gasteiger partial charge in [0.25, 0.3) is 0 Å². The van der Waals surface area contributed by atoms with Crippen LogP contribution >= 0.6 is 11.8 Å². The highest BCUT2D eigenvalue weighted by atomic mass is 32.2. The molecule has 2 aromatic heterocycles. The number of rotatable bonds is 6. The second-order valence-electron chi connectivity index (χ2n) is 6.35. The molecule has 26 heavy (non-hydrogen) atoms. The number of benzene rings is 1. The molecule has 2 N–H and O–H groups in total. The third kappa shape index (κ3) is 3.39. The summed E-state index contributed by atoms with van der Waals surface area (Å²) in [5.41, 5.74) is 8.13. The molecule has 0 fully saturated rings. The maximum absolute atomic E-state index is 11.3. The van der Waals surface area contributed by atoms with Crippen LogP contribution in [0, 0.1) is 0 Å². The minimum absolute atomic E-state index is 0.237. The first-order chi connectivity index (χ1) is 12.7. The van der Waals surface area contributed by atoms with Crippen LogP contribution in [0.3, 0.4) is 0 Å². The molecule has 4 rings (SSSR count).